The zero-order chi connectivity index (χ0) is 12.4. The van der Waals surface area contributed by atoms with E-state index in [1.54, 1.807) is 17.5 Å². The number of thiophene rings is 1. The first kappa shape index (κ1) is 12.3. The molecule has 90 valence electrons. The lowest BCUT2D eigenvalue weighted by molar-refractivity contribution is -0.138. The topological polar surface area (TPSA) is 92.0 Å². The zero-order valence-corrected chi connectivity index (χ0v) is 11.1. The van der Waals surface area contributed by atoms with Crippen LogP contribution in [0.25, 0.3) is 10.6 Å². The summed E-state index contributed by atoms with van der Waals surface area (Å²) in [6.45, 7) is 0. The SMILES string of the molecule is NC(Cc1ncc(-c2ccc(Br)s2)[nH]1)C(=O)O. The molecule has 7 heteroatoms. The maximum Gasteiger partial charge on any atom is 0.320 e. The van der Waals surface area contributed by atoms with E-state index in [0.717, 1.165) is 14.4 Å². The van der Waals surface area contributed by atoms with Crippen molar-refractivity contribution in [1.82, 2.24) is 9.97 Å². The molecule has 0 fully saturated rings. The predicted octanol–water partition coefficient (Wildman–Crippen LogP) is 1.86. The maximum atomic E-state index is 10.6. The number of H-pyrrole nitrogens is 1. The molecule has 2 rings (SSSR count). The Morgan fingerprint density at radius 2 is 2.41 bits per heavy atom. The molecule has 0 radical (unpaired) electrons. The molecule has 2 heterocycles. The zero-order valence-electron chi connectivity index (χ0n) is 8.68. The normalized spacial score (nSPS) is 12.6. The van der Waals surface area contributed by atoms with E-state index >= 15 is 0 Å². The summed E-state index contributed by atoms with van der Waals surface area (Å²) >= 11 is 4.96. The van der Waals surface area contributed by atoms with Crippen LogP contribution in [0.15, 0.2) is 22.1 Å². The molecule has 0 aromatic carbocycles. The Labute approximate surface area is 110 Å². The largest absolute Gasteiger partial charge is 0.480 e. The number of hydrogen-bond donors (Lipinski definition) is 3. The third-order valence-corrected chi connectivity index (χ3v) is 3.85. The smallest absolute Gasteiger partial charge is 0.320 e. The summed E-state index contributed by atoms with van der Waals surface area (Å²) in [5.41, 5.74) is 6.30. The number of aromatic amines is 1. The van der Waals surface area contributed by atoms with Gasteiger partial charge in [-0.1, -0.05) is 0 Å². The predicted molar refractivity (Wildman–Crippen MR) is 68.9 cm³/mol. The van der Waals surface area contributed by atoms with Gasteiger partial charge in [-0.3, -0.25) is 4.79 Å². The van der Waals surface area contributed by atoms with Gasteiger partial charge >= 0.3 is 5.97 Å². The lowest BCUT2D eigenvalue weighted by Gasteiger charge is -2.02. The minimum absolute atomic E-state index is 0.196. The molecule has 1 unspecified atom stereocenters. The number of nitrogens with zero attached hydrogens (tertiary/aromatic N) is 1. The molecule has 0 amide bonds. The second-order valence-corrected chi connectivity index (χ2v) is 5.96. The molecular weight excluding hydrogens is 306 g/mol. The van der Waals surface area contributed by atoms with Crippen LogP contribution in [0.1, 0.15) is 5.82 Å². The Bertz CT molecular complexity index is 537. The minimum Gasteiger partial charge on any atom is -0.480 e. The average Bonchev–Trinajstić information content (AvgIpc) is 2.86. The molecule has 0 aliphatic heterocycles. The molecule has 0 saturated heterocycles. The molecule has 5 nitrogen and oxygen atoms in total. The number of imidazole rings is 1. The minimum atomic E-state index is -1.03. The van der Waals surface area contributed by atoms with Crippen molar-refractivity contribution in [1.29, 1.82) is 0 Å². The monoisotopic (exact) mass is 315 g/mol. The van der Waals surface area contributed by atoms with Crippen molar-refractivity contribution in [3.05, 3.63) is 27.9 Å². The highest BCUT2D eigenvalue weighted by molar-refractivity contribution is 9.11. The fraction of sp³-hybridized carbons (Fsp3) is 0.200. The number of rotatable bonds is 4. The van der Waals surface area contributed by atoms with E-state index in [1.165, 1.54) is 0 Å². The van der Waals surface area contributed by atoms with Crippen molar-refractivity contribution in [2.45, 2.75) is 12.5 Å². The van der Waals surface area contributed by atoms with Gasteiger partial charge in [0.05, 0.1) is 20.6 Å². The van der Waals surface area contributed by atoms with Crippen LogP contribution in [-0.4, -0.2) is 27.1 Å². The van der Waals surface area contributed by atoms with Crippen LogP contribution in [-0.2, 0) is 11.2 Å². The lowest BCUT2D eigenvalue weighted by Crippen LogP contribution is -2.32. The molecule has 0 saturated carbocycles. The van der Waals surface area contributed by atoms with Crippen LogP contribution < -0.4 is 5.73 Å². The average molecular weight is 316 g/mol. The molecule has 1 atom stereocenters. The van der Waals surface area contributed by atoms with Gasteiger partial charge in [0.1, 0.15) is 11.9 Å². The van der Waals surface area contributed by atoms with Crippen molar-refractivity contribution in [2.75, 3.05) is 0 Å². The van der Waals surface area contributed by atoms with Gasteiger partial charge < -0.3 is 15.8 Å². The number of nitrogens with one attached hydrogen (secondary N) is 1. The van der Waals surface area contributed by atoms with Gasteiger partial charge in [0.15, 0.2) is 0 Å². The van der Waals surface area contributed by atoms with E-state index in [9.17, 15) is 4.79 Å². The van der Waals surface area contributed by atoms with Crippen LogP contribution >= 0.6 is 27.3 Å². The van der Waals surface area contributed by atoms with E-state index < -0.39 is 12.0 Å². The van der Waals surface area contributed by atoms with Crippen LogP contribution in [0.3, 0.4) is 0 Å². The van der Waals surface area contributed by atoms with Crippen molar-refractivity contribution in [3.8, 4) is 10.6 Å². The van der Waals surface area contributed by atoms with E-state index in [0.29, 0.717) is 5.82 Å². The maximum absolute atomic E-state index is 10.6. The van der Waals surface area contributed by atoms with Crippen molar-refractivity contribution in [2.24, 2.45) is 5.73 Å². The second kappa shape index (κ2) is 4.99. The number of halogens is 1. The Balaban J connectivity index is 2.13. The molecule has 0 aliphatic carbocycles. The molecular formula is C10H10BrN3O2S. The molecule has 4 N–H and O–H groups in total. The number of nitrogens with two attached hydrogens (primary N) is 1. The third kappa shape index (κ3) is 2.93. The van der Waals surface area contributed by atoms with E-state index in [4.69, 9.17) is 10.8 Å². The number of hydrogen-bond acceptors (Lipinski definition) is 4. The molecule has 17 heavy (non-hydrogen) atoms. The van der Waals surface area contributed by atoms with Crippen molar-refractivity contribution in [3.63, 3.8) is 0 Å². The second-order valence-electron chi connectivity index (χ2n) is 3.50. The van der Waals surface area contributed by atoms with Crippen molar-refractivity contribution >= 4 is 33.2 Å². The molecule has 0 spiro atoms. The highest BCUT2D eigenvalue weighted by Crippen LogP contribution is 2.30. The quantitative estimate of drug-likeness (QED) is 0.803. The molecule has 0 bridgehead atoms. The Hall–Kier alpha value is -1.18. The van der Waals surface area contributed by atoms with Crippen LogP contribution in [0.5, 0.6) is 0 Å². The first-order valence-electron chi connectivity index (χ1n) is 4.84. The van der Waals surface area contributed by atoms with E-state index in [2.05, 4.69) is 25.9 Å². The van der Waals surface area contributed by atoms with Gasteiger partial charge in [-0.25, -0.2) is 4.98 Å². The Morgan fingerprint density at radius 1 is 1.65 bits per heavy atom. The number of aromatic nitrogens is 2. The summed E-state index contributed by atoms with van der Waals surface area (Å²) < 4.78 is 1.03. The first-order valence-corrected chi connectivity index (χ1v) is 6.45. The Morgan fingerprint density at radius 3 is 3.00 bits per heavy atom. The summed E-state index contributed by atoms with van der Waals surface area (Å²) in [5.74, 6) is -0.443. The van der Waals surface area contributed by atoms with Gasteiger partial charge in [-0.05, 0) is 28.1 Å². The van der Waals surface area contributed by atoms with Crippen LogP contribution in [0, 0.1) is 0 Å². The summed E-state index contributed by atoms with van der Waals surface area (Å²) in [6.07, 6.45) is 1.88. The molecule has 2 aromatic rings. The Kier molecular flexibility index (Phi) is 3.60. The number of aliphatic carboxylic acids is 1. The highest BCUT2D eigenvalue weighted by Gasteiger charge is 2.14. The number of carboxylic acids is 1. The molecule has 0 aliphatic rings. The van der Waals surface area contributed by atoms with Crippen LogP contribution in [0.4, 0.5) is 0 Å². The summed E-state index contributed by atoms with van der Waals surface area (Å²) in [5, 5.41) is 8.70. The summed E-state index contributed by atoms with van der Waals surface area (Å²) in [7, 11) is 0. The van der Waals surface area contributed by atoms with Gasteiger partial charge in [-0.15, -0.1) is 11.3 Å². The van der Waals surface area contributed by atoms with Gasteiger partial charge in [0.25, 0.3) is 0 Å². The van der Waals surface area contributed by atoms with Gasteiger partial charge in [0.2, 0.25) is 0 Å². The standard InChI is InChI=1S/C10H10BrN3O2S/c11-8-2-1-7(17-8)6-4-13-9(14-6)3-5(12)10(15)16/h1-2,4-5H,3,12H2,(H,13,14)(H,15,16). The third-order valence-electron chi connectivity index (χ3n) is 2.20. The highest BCUT2D eigenvalue weighted by atomic mass is 79.9. The fourth-order valence-electron chi connectivity index (χ4n) is 1.35. The van der Waals surface area contributed by atoms with Crippen LogP contribution in [0.2, 0.25) is 0 Å². The number of carbonyl (C=O) groups is 1. The molecule has 2 aromatic heterocycles. The van der Waals surface area contributed by atoms with Crippen molar-refractivity contribution < 1.29 is 9.90 Å². The fourth-order valence-corrected chi connectivity index (χ4v) is 2.70. The first-order chi connectivity index (χ1) is 8.06. The van der Waals surface area contributed by atoms with E-state index in [-0.39, 0.29) is 6.42 Å². The number of carboxylic acid groups (broad SMARTS) is 1. The summed E-state index contributed by atoms with van der Waals surface area (Å²) in [6, 6.07) is 2.98. The lowest BCUT2D eigenvalue weighted by atomic mass is 10.2. The van der Waals surface area contributed by atoms with Gasteiger partial charge in [-0.2, -0.15) is 0 Å². The van der Waals surface area contributed by atoms with Gasteiger partial charge in [0, 0.05) is 6.42 Å². The summed E-state index contributed by atoms with van der Waals surface area (Å²) in [4.78, 5) is 18.8. The van der Waals surface area contributed by atoms with E-state index in [1.807, 2.05) is 12.1 Å².